The van der Waals surface area contributed by atoms with Gasteiger partial charge in [0.1, 0.15) is 10.6 Å². The molecule has 1 N–H and O–H groups in total. The smallest absolute Gasteiger partial charge is 0.306 e. The largest absolute Gasteiger partial charge is 0.481 e. The van der Waals surface area contributed by atoms with E-state index in [2.05, 4.69) is 0 Å². The van der Waals surface area contributed by atoms with Crippen LogP contribution in [0, 0.1) is 17.7 Å². The van der Waals surface area contributed by atoms with Gasteiger partial charge in [-0.1, -0.05) is 31.2 Å². The van der Waals surface area contributed by atoms with Gasteiger partial charge in [-0.25, -0.2) is 12.8 Å². The van der Waals surface area contributed by atoms with Crippen LogP contribution in [0.15, 0.2) is 53.4 Å². The number of hydrogen-bond donors (Lipinski definition) is 1. The predicted octanol–water partition coefficient (Wildman–Crippen LogP) is 4.18. The van der Waals surface area contributed by atoms with Crippen molar-refractivity contribution in [2.24, 2.45) is 11.8 Å². The predicted molar refractivity (Wildman–Crippen MR) is 125 cm³/mol. The third kappa shape index (κ3) is 4.35. The molecule has 8 heteroatoms. The van der Waals surface area contributed by atoms with Crippen LogP contribution in [0.3, 0.4) is 0 Å². The minimum atomic E-state index is -3.95. The molecule has 1 aliphatic carbocycles. The van der Waals surface area contributed by atoms with Crippen LogP contribution in [0.2, 0.25) is 0 Å². The maximum atomic E-state index is 14.0. The molecule has 2 aromatic rings. The zero-order valence-corrected chi connectivity index (χ0v) is 20.1. The number of benzene rings is 2. The third-order valence-electron chi connectivity index (χ3n) is 7.50. The first-order valence-electron chi connectivity index (χ1n) is 11.8. The van der Waals surface area contributed by atoms with Gasteiger partial charge >= 0.3 is 5.97 Å². The molecule has 1 amide bonds. The summed E-state index contributed by atoms with van der Waals surface area (Å²) in [5.74, 6) is -2.15. The Balaban J connectivity index is 1.65. The molecule has 1 heterocycles. The van der Waals surface area contributed by atoms with E-state index in [1.807, 2.05) is 31.2 Å². The number of amides is 1. The molecule has 182 valence electrons. The Labute approximate surface area is 199 Å². The maximum absolute atomic E-state index is 14.0. The Kier molecular flexibility index (Phi) is 6.80. The highest BCUT2D eigenvalue weighted by atomic mass is 32.2. The second kappa shape index (κ2) is 9.49. The Morgan fingerprint density at radius 2 is 1.59 bits per heavy atom. The van der Waals surface area contributed by atoms with Crippen LogP contribution in [0.5, 0.6) is 0 Å². The van der Waals surface area contributed by atoms with E-state index < -0.39 is 32.3 Å². The number of sulfone groups is 1. The van der Waals surface area contributed by atoms with E-state index >= 15 is 0 Å². The van der Waals surface area contributed by atoms with Crippen molar-refractivity contribution in [3.8, 4) is 0 Å². The lowest BCUT2D eigenvalue weighted by Gasteiger charge is -2.32. The molecule has 2 fully saturated rings. The van der Waals surface area contributed by atoms with E-state index in [1.54, 1.807) is 4.90 Å². The van der Waals surface area contributed by atoms with Crippen LogP contribution >= 0.6 is 0 Å². The van der Waals surface area contributed by atoms with Crippen molar-refractivity contribution in [3.63, 3.8) is 0 Å². The fourth-order valence-electron chi connectivity index (χ4n) is 5.31. The topological polar surface area (TPSA) is 91.8 Å². The van der Waals surface area contributed by atoms with E-state index in [0.717, 1.165) is 24.1 Å². The number of rotatable bonds is 6. The van der Waals surface area contributed by atoms with Gasteiger partial charge in [0.05, 0.1) is 10.8 Å². The molecule has 2 aromatic carbocycles. The summed E-state index contributed by atoms with van der Waals surface area (Å²) in [6.07, 6.45) is 2.97. The number of carbonyl (C=O) groups excluding carboxylic acids is 1. The molecule has 34 heavy (non-hydrogen) atoms. The zero-order valence-electron chi connectivity index (χ0n) is 19.2. The second-order valence-electron chi connectivity index (χ2n) is 9.40. The summed E-state index contributed by atoms with van der Waals surface area (Å²) in [6.45, 7) is 2.35. The quantitative estimate of drug-likeness (QED) is 0.617. The third-order valence-corrected chi connectivity index (χ3v) is 9.99. The van der Waals surface area contributed by atoms with Gasteiger partial charge in [0.2, 0.25) is 5.91 Å². The van der Waals surface area contributed by atoms with Crippen molar-refractivity contribution in [2.75, 3.05) is 13.1 Å². The fourth-order valence-corrected chi connectivity index (χ4v) is 7.39. The van der Waals surface area contributed by atoms with Gasteiger partial charge in [-0.15, -0.1) is 0 Å². The summed E-state index contributed by atoms with van der Waals surface area (Å²) in [6, 6.07) is 12.3. The van der Waals surface area contributed by atoms with Gasteiger partial charge in [-0.2, -0.15) is 0 Å². The minimum Gasteiger partial charge on any atom is -0.481 e. The normalized spacial score (nSPS) is 25.3. The van der Waals surface area contributed by atoms with E-state index in [-0.39, 0.29) is 29.7 Å². The SMILES string of the molecule is CCc1ccc([C@]2(S(=O)(=O)c3ccc(F)cc3)CCN(C(=O)C3CCC(C(=O)O)CC3)C2)cc1. The first-order valence-corrected chi connectivity index (χ1v) is 13.3. The lowest BCUT2D eigenvalue weighted by Crippen LogP contribution is -2.42. The van der Waals surface area contributed by atoms with Crippen molar-refractivity contribution in [1.82, 2.24) is 4.90 Å². The molecular formula is C26H30FNO5S. The number of aryl methyl sites for hydroxylation is 1. The molecule has 0 bridgehead atoms. The standard InChI is InChI=1S/C26H30FNO5S/c1-2-18-3-9-21(10-4-18)26(34(32,33)23-13-11-22(27)12-14-23)15-16-28(17-26)24(29)19-5-7-20(8-6-19)25(30)31/h3-4,9-14,19-20H,2,5-8,15-17H2,1H3,(H,30,31)/t19?,20?,26-/m0/s1. The number of aliphatic carboxylic acids is 1. The average Bonchev–Trinajstić information content (AvgIpc) is 3.31. The van der Waals surface area contributed by atoms with Crippen LogP contribution in [0.1, 0.15) is 50.2 Å². The summed E-state index contributed by atoms with van der Waals surface area (Å²) in [5, 5.41) is 9.24. The molecule has 2 aliphatic rings. The van der Waals surface area contributed by atoms with E-state index in [9.17, 15) is 27.5 Å². The minimum absolute atomic E-state index is 0.0237. The lowest BCUT2D eigenvalue weighted by molar-refractivity contribution is -0.145. The maximum Gasteiger partial charge on any atom is 0.306 e. The summed E-state index contributed by atoms with van der Waals surface area (Å²) < 4.78 is 40.1. The van der Waals surface area contributed by atoms with Crippen molar-refractivity contribution in [2.45, 2.75) is 55.1 Å². The number of nitrogens with zero attached hydrogens (tertiary/aromatic N) is 1. The molecule has 6 nitrogen and oxygen atoms in total. The fraction of sp³-hybridized carbons (Fsp3) is 0.462. The molecule has 1 saturated heterocycles. The van der Waals surface area contributed by atoms with Gasteiger partial charge in [-0.05, 0) is 73.9 Å². The van der Waals surface area contributed by atoms with Crippen molar-refractivity contribution in [3.05, 3.63) is 65.5 Å². The second-order valence-corrected chi connectivity index (χ2v) is 11.7. The van der Waals surface area contributed by atoms with Crippen molar-refractivity contribution in [1.29, 1.82) is 0 Å². The van der Waals surface area contributed by atoms with Crippen molar-refractivity contribution < 1.29 is 27.5 Å². The first kappa shape index (κ1) is 24.4. The lowest BCUT2D eigenvalue weighted by atomic mass is 9.81. The number of hydrogen-bond acceptors (Lipinski definition) is 4. The van der Waals surface area contributed by atoms with Gasteiger partial charge in [0.15, 0.2) is 9.84 Å². The van der Waals surface area contributed by atoms with Crippen LogP contribution in [0.4, 0.5) is 4.39 Å². The number of carbonyl (C=O) groups is 2. The number of halogens is 1. The zero-order chi connectivity index (χ0) is 24.5. The Hall–Kier alpha value is -2.74. The molecule has 4 rings (SSSR count). The highest BCUT2D eigenvalue weighted by Gasteiger charge is 2.52. The number of likely N-dealkylation sites (tertiary alicyclic amines) is 1. The van der Waals surface area contributed by atoms with Gasteiger partial charge in [0.25, 0.3) is 0 Å². The monoisotopic (exact) mass is 487 g/mol. The van der Waals surface area contributed by atoms with Crippen molar-refractivity contribution >= 4 is 21.7 Å². The molecular weight excluding hydrogens is 457 g/mol. The summed E-state index contributed by atoms with van der Waals surface area (Å²) >= 11 is 0. The summed E-state index contributed by atoms with van der Waals surface area (Å²) in [4.78, 5) is 26.3. The Morgan fingerprint density at radius 3 is 2.15 bits per heavy atom. The molecule has 0 unspecified atom stereocenters. The van der Waals surface area contributed by atoms with Crippen LogP contribution in [-0.2, 0) is 30.6 Å². The Morgan fingerprint density at radius 1 is 1.00 bits per heavy atom. The van der Waals surface area contributed by atoms with Gasteiger partial charge < -0.3 is 10.0 Å². The van der Waals surface area contributed by atoms with Crippen LogP contribution < -0.4 is 0 Å². The molecule has 0 radical (unpaired) electrons. The van der Waals surface area contributed by atoms with E-state index in [0.29, 0.717) is 37.8 Å². The van der Waals surface area contributed by atoms with E-state index in [1.165, 1.54) is 12.1 Å². The molecule has 0 spiro atoms. The summed E-state index contributed by atoms with van der Waals surface area (Å²) in [5.41, 5.74) is 1.71. The molecule has 1 atom stereocenters. The van der Waals surface area contributed by atoms with Crippen LogP contribution in [0.25, 0.3) is 0 Å². The Bertz CT molecular complexity index is 1150. The van der Waals surface area contributed by atoms with Gasteiger partial charge in [0, 0.05) is 19.0 Å². The molecule has 1 saturated carbocycles. The highest BCUT2D eigenvalue weighted by molar-refractivity contribution is 7.92. The molecule has 1 aliphatic heterocycles. The number of carboxylic acids is 1. The highest BCUT2D eigenvalue weighted by Crippen LogP contribution is 2.44. The molecule has 0 aromatic heterocycles. The summed E-state index contributed by atoms with van der Waals surface area (Å²) in [7, 11) is -3.95. The van der Waals surface area contributed by atoms with Gasteiger partial charge in [-0.3, -0.25) is 9.59 Å². The average molecular weight is 488 g/mol. The first-order chi connectivity index (χ1) is 16.2. The number of carboxylic acid groups (broad SMARTS) is 1. The van der Waals surface area contributed by atoms with E-state index in [4.69, 9.17) is 0 Å². The van der Waals surface area contributed by atoms with Crippen LogP contribution in [-0.4, -0.2) is 43.4 Å².